The lowest BCUT2D eigenvalue weighted by atomic mass is 10.0. The summed E-state index contributed by atoms with van der Waals surface area (Å²) in [5.41, 5.74) is 0.808. The second kappa shape index (κ2) is 17.7. The molecular formula is C33H57NO7PS+. The standard InChI is InChI=1S/C33H57NO7PS/c1-6-7-8-9-10-11-12-13-14-15-16-17-18-22-27-38-28-23-26-31-32(40-42(36,37-5)41-32)34(3,4)33(43-31,39-29(2)35)30-24-20-19-21-25-30/h19-21,24-25,31H,6-18,22-23,26-28H2,1-5H3/q+1. The second-order valence-electron chi connectivity index (χ2n) is 12.4. The van der Waals surface area contributed by atoms with Crippen molar-refractivity contribution in [2.75, 3.05) is 34.4 Å². The maximum Gasteiger partial charge on any atom is 0.488 e. The van der Waals surface area contributed by atoms with E-state index in [0.717, 1.165) is 25.0 Å². The lowest BCUT2D eigenvalue weighted by Gasteiger charge is -2.53. The number of benzene rings is 1. The van der Waals surface area contributed by atoms with Crippen LogP contribution in [-0.2, 0) is 37.5 Å². The van der Waals surface area contributed by atoms with Crippen LogP contribution in [0.4, 0.5) is 0 Å². The Balaban J connectivity index is 1.38. The molecule has 8 nitrogen and oxygen atoms in total. The quantitative estimate of drug-likeness (QED) is 0.0536. The molecule has 2 aliphatic rings. The first-order valence-electron chi connectivity index (χ1n) is 16.6. The van der Waals surface area contributed by atoms with Crippen LogP contribution in [0.2, 0.25) is 0 Å². The maximum absolute atomic E-state index is 12.8. The molecule has 2 fully saturated rings. The number of phosphoric ester groups is 1. The van der Waals surface area contributed by atoms with Crippen molar-refractivity contribution in [2.24, 2.45) is 0 Å². The molecule has 2 atom stereocenters. The van der Waals surface area contributed by atoms with Crippen LogP contribution in [-0.4, -0.2) is 56.0 Å². The minimum Gasteiger partial charge on any atom is -0.396 e. The van der Waals surface area contributed by atoms with Gasteiger partial charge in [-0.15, -0.1) is 0 Å². The number of esters is 1. The number of unbranched alkanes of at least 4 members (excludes halogenated alkanes) is 13. The third-order valence-electron chi connectivity index (χ3n) is 8.75. The van der Waals surface area contributed by atoms with E-state index in [4.69, 9.17) is 23.0 Å². The Bertz CT molecular complexity index is 1000. The van der Waals surface area contributed by atoms with Gasteiger partial charge in [-0.2, -0.15) is 0 Å². The largest absolute Gasteiger partial charge is 0.488 e. The Morgan fingerprint density at radius 2 is 1.37 bits per heavy atom. The number of hydrogen-bond donors (Lipinski definition) is 0. The molecule has 1 aromatic rings. The van der Waals surface area contributed by atoms with Gasteiger partial charge in [0.15, 0.2) is 0 Å². The van der Waals surface area contributed by atoms with Crippen molar-refractivity contribution in [1.82, 2.24) is 0 Å². The van der Waals surface area contributed by atoms with Crippen LogP contribution in [0.25, 0.3) is 0 Å². The van der Waals surface area contributed by atoms with Gasteiger partial charge in [0, 0.05) is 27.2 Å². The minimum absolute atomic E-state index is 0.00776. The molecule has 2 unspecified atom stereocenters. The SMILES string of the molecule is CCCCCCCCCCCCCCCCOCCCC1SC(OC(C)=O)(c2ccccc2)[N+](C)(C)C12OP(=O)(OC)O2. The van der Waals surface area contributed by atoms with Crippen LogP contribution in [0.1, 0.15) is 122 Å². The fraction of sp³-hybridized carbons (Fsp3) is 0.788. The molecule has 1 spiro atoms. The summed E-state index contributed by atoms with van der Waals surface area (Å²) in [5.74, 6) is -1.71. The molecule has 1 aromatic carbocycles. The number of ether oxygens (including phenoxy) is 2. The first kappa shape index (κ1) is 36.5. The van der Waals surface area contributed by atoms with Gasteiger partial charge in [0.05, 0.1) is 19.7 Å². The molecule has 246 valence electrons. The molecular weight excluding hydrogens is 585 g/mol. The molecule has 2 heterocycles. The van der Waals surface area contributed by atoms with Gasteiger partial charge in [0.25, 0.3) is 0 Å². The molecule has 10 heteroatoms. The summed E-state index contributed by atoms with van der Waals surface area (Å²) in [5, 5.41) is -1.42. The second-order valence-corrected chi connectivity index (χ2v) is 15.4. The van der Waals surface area contributed by atoms with Gasteiger partial charge in [-0.25, -0.2) is 18.1 Å². The average molecular weight is 643 g/mol. The first-order valence-corrected chi connectivity index (χ1v) is 18.9. The van der Waals surface area contributed by atoms with Crippen molar-refractivity contribution in [1.29, 1.82) is 0 Å². The number of rotatable bonds is 22. The van der Waals surface area contributed by atoms with Gasteiger partial charge in [0.1, 0.15) is 5.25 Å². The van der Waals surface area contributed by atoms with Crippen LogP contribution < -0.4 is 0 Å². The number of hydrogen-bond acceptors (Lipinski definition) is 8. The Hall–Kier alpha value is -0.930. The smallest absolute Gasteiger partial charge is 0.396 e. The molecule has 0 aliphatic carbocycles. The fourth-order valence-electron chi connectivity index (χ4n) is 6.23. The van der Waals surface area contributed by atoms with Crippen LogP contribution in [0.3, 0.4) is 0 Å². The highest BCUT2D eigenvalue weighted by atomic mass is 32.2. The normalized spacial score (nSPS) is 27.8. The molecule has 43 heavy (non-hydrogen) atoms. The molecule has 0 radical (unpaired) electrons. The number of carbonyl (C=O) groups is 1. The Morgan fingerprint density at radius 1 is 0.860 bits per heavy atom. The Labute approximate surface area is 265 Å². The Kier molecular flexibility index (Phi) is 15.0. The average Bonchev–Trinajstić information content (AvgIpc) is 3.15. The predicted octanol–water partition coefficient (Wildman–Crippen LogP) is 9.29. The zero-order chi connectivity index (χ0) is 31.2. The lowest BCUT2D eigenvalue weighted by Crippen LogP contribution is -2.71. The van der Waals surface area contributed by atoms with E-state index in [0.29, 0.717) is 13.0 Å². The number of thioether (sulfide) groups is 1. The molecule has 0 bridgehead atoms. The van der Waals surface area contributed by atoms with Crippen LogP contribution in [0.15, 0.2) is 30.3 Å². The summed E-state index contributed by atoms with van der Waals surface area (Å²) >= 11 is 1.48. The van der Waals surface area contributed by atoms with E-state index < -0.39 is 24.8 Å². The highest BCUT2D eigenvalue weighted by Crippen LogP contribution is 2.75. The highest BCUT2D eigenvalue weighted by molar-refractivity contribution is 8.00. The zero-order valence-corrected chi connectivity index (χ0v) is 29.1. The van der Waals surface area contributed by atoms with Gasteiger partial charge in [-0.05, 0) is 43.2 Å². The summed E-state index contributed by atoms with van der Waals surface area (Å²) in [6.07, 6.45) is 20.2. The molecule has 0 N–H and O–H groups in total. The Morgan fingerprint density at radius 3 is 1.88 bits per heavy atom. The summed E-state index contributed by atoms with van der Waals surface area (Å²) in [6, 6.07) is 9.60. The number of phosphoric acid groups is 1. The van der Waals surface area contributed by atoms with Crippen LogP contribution >= 0.6 is 19.6 Å². The van der Waals surface area contributed by atoms with Crippen molar-refractivity contribution in [3.8, 4) is 0 Å². The minimum atomic E-state index is -3.67. The molecule has 0 amide bonds. The number of carbonyl (C=O) groups excluding carboxylic acids is 1. The van der Waals surface area contributed by atoms with Gasteiger partial charge in [0.2, 0.25) is 0 Å². The van der Waals surface area contributed by atoms with Crippen molar-refractivity contribution in [3.63, 3.8) is 0 Å². The third-order valence-corrected chi connectivity index (χ3v) is 12.1. The monoisotopic (exact) mass is 642 g/mol. The van der Waals surface area contributed by atoms with Crippen molar-refractivity contribution in [3.05, 3.63) is 35.9 Å². The highest BCUT2D eigenvalue weighted by Gasteiger charge is 2.83. The van der Waals surface area contributed by atoms with Gasteiger partial charge in [-0.3, -0.25) is 9.32 Å². The number of nitrogens with zero attached hydrogens (tertiary/aromatic N) is 1. The topological polar surface area (TPSA) is 80.3 Å². The van der Waals surface area contributed by atoms with E-state index in [1.807, 2.05) is 44.4 Å². The summed E-state index contributed by atoms with van der Waals surface area (Å²) in [6.45, 7) is 5.05. The third kappa shape index (κ3) is 9.31. The van der Waals surface area contributed by atoms with Crippen LogP contribution in [0.5, 0.6) is 0 Å². The van der Waals surface area contributed by atoms with E-state index in [1.165, 1.54) is 109 Å². The molecule has 0 aromatic heterocycles. The molecule has 3 rings (SSSR count). The van der Waals surface area contributed by atoms with Crippen LogP contribution in [0, 0.1) is 0 Å². The van der Waals surface area contributed by atoms with E-state index in [9.17, 15) is 9.36 Å². The van der Waals surface area contributed by atoms with Gasteiger partial charge in [-0.1, -0.05) is 109 Å². The zero-order valence-electron chi connectivity index (χ0n) is 27.4. The van der Waals surface area contributed by atoms with E-state index in [1.54, 1.807) is 0 Å². The van der Waals surface area contributed by atoms with E-state index >= 15 is 0 Å². The summed E-state index contributed by atoms with van der Waals surface area (Å²) in [4.78, 5) is 12.4. The van der Waals surface area contributed by atoms with Crippen molar-refractivity contribution in [2.45, 2.75) is 133 Å². The number of quaternary nitrogens is 1. The fourth-order valence-corrected chi connectivity index (χ4v) is 9.85. The van der Waals surface area contributed by atoms with Crippen molar-refractivity contribution >= 4 is 25.6 Å². The van der Waals surface area contributed by atoms with Gasteiger partial charge >= 0.3 is 24.8 Å². The first-order chi connectivity index (χ1) is 20.7. The molecule has 2 saturated heterocycles. The van der Waals surface area contributed by atoms with E-state index in [2.05, 4.69) is 6.92 Å². The molecule has 0 saturated carbocycles. The van der Waals surface area contributed by atoms with Crippen molar-refractivity contribution < 1.29 is 36.9 Å². The van der Waals surface area contributed by atoms with Gasteiger partial charge < -0.3 is 9.47 Å². The molecule has 2 aliphatic heterocycles. The summed E-state index contributed by atoms with van der Waals surface area (Å²) in [7, 11) is 1.41. The predicted molar refractivity (Wildman–Crippen MR) is 173 cm³/mol. The van der Waals surface area contributed by atoms with E-state index in [-0.39, 0.29) is 9.73 Å². The summed E-state index contributed by atoms with van der Waals surface area (Å²) < 4.78 is 42.0. The lowest BCUT2D eigenvalue weighted by molar-refractivity contribution is -1.04. The maximum atomic E-state index is 12.8.